The van der Waals surface area contributed by atoms with Crippen LogP contribution in [-0.4, -0.2) is 22.9 Å². The van der Waals surface area contributed by atoms with Crippen molar-refractivity contribution in [1.29, 1.82) is 0 Å². The molecule has 0 heterocycles. The molecule has 0 aromatic heterocycles. The van der Waals surface area contributed by atoms with Gasteiger partial charge in [-0.25, -0.2) is 0 Å². The predicted octanol–water partition coefficient (Wildman–Crippen LogP) is 5.55. The number of benzene rings is 2. The maximum Gasteiger partial charge on any atom is 0.397 e. The SMILES string of the molecule is FC(F)(F)CI.O=P(CC(F)(F)F)(c1ccccc1)c1ccccc1. The zero-order valence-corrected chi connectivity index (χ0v) is 15.7. The first-order chi connectivity index (χ1) is 11.5. The Hall–Kier alpha value is -1.02. The molecule has 1 nitrogen and oxygen atoms in total. The molecule has 2 aromatic carbocycles. The van der Waals surface area contributed by atoms with Crippen molar-refractivity contribution in [2.75, 3.05) is 10.6 Å². The summed E-state index contributed by atoms with van der Waals surface area (Å²) in [6.45, 7) is 0. The molecule has 2 rings (SSSR count). The molecule has 0 unspecified atom stereocenters. The monoisotopic (exact) mass is 494 g/mol. The standard InChI is InChI=1S/C14H12F3OP.C2H2F3I/c15-14(16,17)11-19(18,12-7-3-1-4-8-12)13-9-5-2-6-10-13;3-2(4,5)1-6/h1-10H,11H2;1H2. The number of alkyl halides is 7. The van der Waals surface area contributed by atoms with Crippen LogP contribution in [0.3, 0.4) is 0 Å². The second-order valence-electron chi connectivity index (χ2n) is 4.93. The molecule has 0 saturated heterocycles. The van der Waals surface area contributed by atoms with Crippen LogP contribution in [-0.2, 0) is 4.57 Å². The highest BCUT2D eigenvalue weighted by molar-refractivity contribution is 14.1. The summed E-state index contributed by atoms with van der Waals surface area (Å²) in [6.07, 6.45) is -9.75. The number of halogens is 7. The van der Waals surface area contributed by atoms with Crippen molar-refractivity contribution in [3.63, 3.8) is 0 Å². The molecule has 25 heavy (non-hydrogen) atoms. The van der Waals surface area contributed by atoms with E-state index in [4.69, 9.17) is 0 Å². The fraction of sp³-hybridized carbons (Fsp3) is 0.250. The van der Waals surface area contributed by atoms with Crippen LogP contribution in [0.1, 0.15) is 0 Å². The molecular formula is C16H14F6IOP. The lowest BCUT2D eigenvalue weighted by Crippen LogP contribution is -2.26. The van der Waals surface area contributed by atoms with Gasteiger partial charge in [0.25, 0.3) is 0 Å². The third kappa shape index (κ3) is 7.81. The normalized spacial score (nSPS) is 12.3. The average Bonchev–Trinajstić information content (AvgIpc) is 2.55. The summed E-state index contributed by atoms with van der Waals surface area (Å²) >= 11 is 1.27. The first-order valence-electron chi connectivity index (χ1n) is 6.88. The van der Waals surface area contributed by atoms with Gasteiger partial charge in [-0.05, 0) is 0 Å². The van der Waals surface area contributed by atoms with E-state index in [1.807, 2.05) is 0 Å². The van der Waals surface area contributed by atoms with Gasteiger partial charge in [-0.15, -0.1) is 0 Å². The minimum Gasteiger partial charge on any atom is -0.313 e. The van der Waals surface area contributed by atoms with Gasteiger partial charge in [0.2, 0.25) is 0 Å². The summed E-state index contributed by atoms with van der Waals surface area (Å²) in [5.74, 6) is 0. The van der Waals surface area contributed by atoms with Crippen LogP contribution in [0.4, 0.5) is 26.3 Å². The Morgan fingerprint density at radius 2 is 1.04 bits per heavy atom. The molecule has 0 bridgehead atoms. The molecule has 0 aliphatic rings. The van der Waals surface area contributed by atoms with Crippen LogP contribution in [0.5, 0.6) is 0 Å². The molecule has 0 fully saturated rings. The van der Waals surface area contributed by atoms with Crippen molar-refractivity contribution in [1.82, 2.24) is 0 Å². The van der Waals surface area contributed by atoms with Gasteiger partial charge in [0, 0.05) is 10.6 Å². The first kappa shape index (κ1) is 22.0. The molecule has 0 radical (unpaired) electrons. The molecule has 0 aliphatic heterocycles. The molecule has 9 heteroatoms. The van der Waals surface area contributed by atoms with Crippen molar-refractivity contribution in [3.8, 4) is 0 Å². The molecule has 0 atom stereocenters. The Kier molecular flexibility index (Phi) is 7.99. The smallest absolute Gasteiger partial charge is 0.313 e. The summed E-state index contributed by atoms with van der Waals surface area (Å²) in [5, 5.41) is 0.469. The summed E-state index contributed by atoms with van der Waals surface area (Å²) in [6, 6.07) is 15.7. The van der Waals surface area contributed by atoms with E-state index in [0.29, 0.717) is 0 Å². The highest BCUT2D eigenvalue weighted by Crippen LogP contribution is 2.47. The van der Waals surface area contributed by atoms with Gasteiger partial charge in [-0.3, -0.25) is 0 Å². The third-order valence-corrected chi connectivity index (χ3v) is 6.83. The lowest BCUT2D eigenvalue weighted by molar-refractivity contribution is -0.106. The van der Waals surface area contributed by atoms with Crippen molar-refractivity contribution in [3.05, 3.63) is 60.7 Å². The Bertz CT molecular complexity index is 642. The summed E-state index contributed by atoms with van der Waals surface area (Å²) in [5.41, 5.74) is 0. The van der Waals surface area contributed by atoms with Crippen LogP contribution in [0.15, 0.2) is 60.7 Å². The van der Waals surface area contributed by atoms with E-state index in [0.717, 1.165) is 0 Å². The number of hydrogen-bond donors (Lipinski definition) is 0. The van der Waals surface area contributed by atoms with Crippen LogP contribution in [0, 0.1) is 0 Å². The van der Waals surface area contributed by atoms with Crippen LogP contribution in [0.2, 0.25) is 0 Å². The van der Waals surface area contributed by atoms with Gasteiger partial charge in [-0.1, -0.05) is 83.3 Å². The quantitative estimate of drug-likeness (QED) is 0.237. The number of hydrogen-bond acceptors (Lipinski definition) is 1. The molecule has 0 amide bonds. The molecule has 0 aliphatic carbocycles. The fourth-order valence-corrected chi connectivity index (χ4v) is 4.40. The second kappa shape index (κ2) is 9.07. The molecule has 2 aromatic rings. The highest BCUT2D eigenvalue weighted by Gasteiger charge is 2.41. The van der Waals surface area contributed by atoms with Crippen LogP contribution < -0.4 is 10.6 Å². The lowest BCUT2D eigenvalue weighted by Gasteiger charge is -2.20. The van der Waals surface area contributed by atoms with E-state index >= 15 is 0 Å². The van der Waals surface area contributed by atoms with Gasteiger partial charge in [0.15, 0.2) is 7.14 Å². The minimum absolute atomic E-state index is 0.235. The minimum atomic E-state index is -4.47. The number of rotatable bonds is 3. The van der Waals surface area contributed by atoms with Crippen LogP contribution >= 0.6 is 29.7 Å². The zero-order valence-electron chi connectivity index (χ0n) is 12.7. The van der Waals surface area contributed by atoms with E-state index in [1.54, 1.807) is 36.4 Å². The first-order valence-corrected chi connectivity index (χ1v) is 10.3. The van der Waals surface area contributed by atoms with Crippen LogP contribution in [0.25, 0.3) is 0 Å². The van der Waals surface area contributed by atoms with Crippen molar-refractivity contribution in [2.45, 2.75) is 12.4 Å². The van der Waals surface area contributed by atoms with E-state index in [9.17, 15) is 30.9 Å². The van der Waals surface area contributed by atoms with E-state index < -0.39 is 30.1 Å². The van der Waals surface area contributed by atoms with E-state index in [-0.39, 0.29) is 10.6 Å². The van der Waals surface area contributed by atoms with Crippen molar-refractivity contribution < 1.29 is 30.9 Å². The summed E-state index contributed by atoms with van der Waals surface area (Å²) in [4.78, 5) is 0. The largest absolute Gasteiger partial charge is 0.397 e. The maximum absolute atomic E-state index is 12.9. The summed E-state index contributed by atoms with van der Waals surface area (Å²) in [7, 11) is -3.67. The zero-order chi connectivity index (χ0) is 19.1. The molecule has 138 valence electrons. The highest BCUT2D eigenvalue weighted by atomic mass is 127. The van der Waals surface area contributed by atoms with Gasteiger partial charge in [0.1, 0.15) is 6.16 Å². The Balaban J connectivity index is 0.000000450. The van der Waals surface area contributed by atoms with Gasteiger partial charge >= 0.3 is 12.4 Å². The van der Waals surface area contributed by atoms with Gasteiger partial charge in [0.05, 0.1) is 4.43 Å². The van der Waals surface area contributed by atoms with Gasteiger partial charge in [-0.2, -0.15) is 26.3 Å². The lowest BCUT2D eigenvalue weighted by atomic mass is 10.4. The Labute approximate surface area is 154 Å². The Morgan fingerprint density at radius 1 is 0.720 bits per heavy atom. The maximum atomic E-state index is 12.9. The molecule has 0 N–H and O–H groups in total. The van der Waals surface area contributed by atoms with Crippen molar-refractivity contribution >= 4 is 40.3 Å². The average molecular weight is 494 g/mol. The predicted molar refractivity (Wildman–Crippen MR) is 95.6 cm³/mol. The fourth-order valence-electron chi connectivity index (χ4n) is 1.92. The Morgan fingerprint density at radius 3 is 1.28 bits per heavy atom. The van der Waals surface area contributed by atoms with E-state index in [1.165, 1.54) is 46.9 Å². The second-order valence-corrected chi connectivity index (χ2v) is 8.52. The summed E-state index contributed by atoms with van der Waals surface area (Å²) < 4.78 is 82.7. The topological polar surface area (TPSA) is 17.1 Å². The van der Waals surface area contributed by atoms with E-state index in [2.05, 4.69) is 0 Å². The molecule has 0 spiro atoms. The van der Waals surface area contributed by atoms with Gasteiger partial charge < -0.3 is 4.57 Å². The van der Waals surface area contributed by atoms with Crippen molar-refractivity contribution in [2.24, 2.45) is 0 Å². The third-order valence-electron chi connectivity index (χ3n) is 2.90. The molecule has 0 saturated carbocycles. The molecular weight excluding hydrogens is 480 g/mol.